The summed E-state index contributed by atoms with van der Waals surface area (Å²) >= 11 is 0. The van der Waals surface area contributed by atoms with Crippen molar-refractivity contribution in [2.45, 2.75) is 25.8 Å². The van der Waals surface area contributed by atoms with Gasteiger partial charge in [-0.3, -0.25) is 0 Å². The first-order chi connectivity index (χ1) is 8.15. The van der Waals surface area contributed by atoms with Crippen LogP contribution in [0.5, 0.6) is 0 Å². The molecule has 0 bridgehead atoms. The minimum Gasteiger partial charge on any atom is -0.366 e. The van der Waals surface area contributed by atoms with Gasteiger partial charge in [0.05, 0.1) is 0 Å². The fraction of sp³-hybridized carbons (Fsp3) is 0.667. The molecule has 1 saturated heterocycles. The molecule has 1 unspecified atom stereocenters. The van der Waals surface area contributed by atoms with E-state index in [0.29, 0.717) is 6.04 Å². The maximum Gasteiger partial charge on any atom is 0.133 e. The van der Waals surface area contributed by atoms with Crippen LogP contribution in [0.4, 0.5) is 11.6 Å². The quantitative estimate of drug-likeness (QED) is 0.819. The normalized spacial score (nSPS) is 20.1. The van der Waals surface area contributed by atoms with Crippen molar-refractivity contribution in [1.29, 1.82) is 0 Å². The van der Waals surface area contributed by atoms with Gasteiger partial charge in [0, 0.05) is 32.7 Å². The molecule has 0 spiro atoms. The van der Waals surface area contributed by atoms with Gasteiger partial charge in [0.1, 0.15) is 17.5 Å². The van der Waals surface area contributed by atoms with Crippen molar-refractivity contribution < 1.29 is 0 Å². The molecule has 1 aromatic heterocycles. The first kappa shape index (κ1) is 12.1. The zero-order chi connectivity index (χ0) is 12.3. The molecule has 0 aliphatic carbocycles. The van der Waals surface area contributed by atoms with E-state index < -0.39 is 0 Å². The van der Waals surface area contributed by atoms with E-state index in [1.807, 2.05) is 32.0 Å². The van der Waals surface area contributed by atoms with Gasteiger partial charge in [0.25, 0.3) is 0 Å². The molecule has 0 saturated carbocycles. The Morgan fingerprint density at radius 1 is 1.41 bits per heavy atom. The van der Waals surface area contributed by atoms with Crippen molar-refractivity contribution in [1.82, 2.24) is 15.3 Å². The summed E-state index contributed by atoms with van der Waals surface area (Å²) in [6, 6.07) is 2.48. The molecule has 94 valence electrons. The molecule has 1 aromatic rings. The molecule has 2 heterocycles. The summed E-state index contributed by atoms with van der Waals surface area (Å²) < 4.78 is 0. The Balaban J connectivity index is 2.09. The lowest BCUT2D eigenvalue weighted by molar-refractivity contribution is 0.479. The second-order valence-electron chi connectivity index (χ2n) is 4.74. The Morgan fingerprint density at radius 3 is 2.88 bits per heavy atom. The molecule has 0 radical (unpaired) electrons. The maximum atomic E-state index is 4.43. The minimum atomic E-state index is 0.480. The van der Waals surface area contributed by atoms with Gasteiger partial charge in [0.2, 0.25) is 0 Å². The Labute approximate surface area is 103 Å². The number of piperidine rings is 1. The first-order valence-electron chi connectivity index (χ1n) is 6.15. The topological polar surface area (TPSA) is 53.1 Å². The molecule has 1 atom stereocenters. The third-order valence-electron chi connectivity index (χ3n) is 2.93. The van der Waals surface area contributed by atoms with E-state index in [-0.39, 0.29) is 0 Å². The number of rotatable bonds is 3. The predicted octanol–water partition coefficient (Wildman–Crippen LogP) is 1.01. The summed E-state index contributed by atoms with van der Waals surface area (Å²) in [4.78, 5) is 10.8. The molecule has 0 amide bonds. The van der Waals surface area contributed by atoms with Gasteiger partial charge in [-0.1, -0.05) is 0 Å². The first-order valence-corrected chi connectivity index (χ1v) is 6.15. The lowest BCUT2D eigenvalue weighted by Gasteiger charge is -2.24. The van der Waals surface area contributed by atoms with Crippen LogP contribution in [-0.2, 0) is 0 Å². The fourth-order valence-corrected chi connectivity index (χ4v) is 2.04. The molecule has 1 fully saturated rings. The number of nitrogens with zero attached hydrogens (tertiary/aromatic N) is 3. The smallest absolute Gasteiger partial charge is 0.133 e. The van der Waals surface area contributed by atoms with Crippen LogP contribution in [0.3, 0.4) is 0 Å². The summed E-state index contributed by atoms with van der Waals surface area (Å²) in [7, 11) is 3.99. The lowest BCUT2D eigenvalue weighted by atomic mass is 10.1. The second kappa shape index (κ2) is 5.31. The number of hydrogen-bond donors (Lipinski definition) is 2. The average Bonchev–Trinajstić information content (AvgIpc) is 2.29. The molecule has 1 aliphatic rings. The standard InChI is InChI=1S/C12H21N5/c1-9-14-11(7-12(15-9)17(2)3)16-10-5-4-6-13-8-10/h7,10,13H,4-6,8H2,1-3H3,(H,14,15,16). The van der Waals surface area contributed by atoms with E-state index >= 15 is 0 Å². The van der Waals surface area contributed by atoms with Crippen molar-refractivity contribution in [3.63, 3.8) is 0 Å². The summed E-state index contributed by atoms with van der Waals surface area (Å²) in [6.07, 6.45) is 2.43. The number of aromatic nitrogens is 2. The van der Waals surface area contributed by atoms with Crippen LogP contribution in [0.2, 0.25) is 0 Å². The predicted molar refractivity (Wildman–Crippen MR) is 70.6 cm³/mol. The summed E-state index contributed by atoms with van der Waals surface area (Å²) in [5, 5.41) is 6.87. The highest BCUT2D eigenvalue weighted by atomic mass is 15.2. The molecule has 2 N–H and O–H groups in total. The number of aryl methyl sites for hydroxylation is 1. The van der Waals surface area contributed by atoms with Crippen molar-refractivity contribution in [3.05, 3.63) is 11.9 Å². The van der Waals surface area contributed by atoms with Crippen molar-refractivity contribution >= 4 is 11.6 Å². The number of hydrogen-bond acceptors (Lipinski definition) is 5. The van der Waals surface area contributed by atoms with Crippen LogP contribution in [0, 0.1) is 6.92 Å². The van der Waals surface area contributed by atoms with Gasteiger partial charge >= 0.3 is 0 Å². The van der Waals surface area contributed by atoms with Crippen molar-refractivity contribution in [3.8, 4) is 0 Å². The second-order valence-corrected chi connectivity index (χ2v) is 4.74. The Bertz CT molecular complexity index is 371. The molecule has 17 heavy (non-hydrogen) atoms. The van der Waals surface area contributed by atoms with Crippen molar-refractivity contribution in [2.24, 2.45) is 0 Å². The minimum absolute atomic E-state index is 0.480. The molecule has 2 rings (SSSR count). The number of anilines is 2. The maximum absolute atomic E-state index is 4.43. The Hall–Kier alpha value is -1.36. The average molecular weight is 235 g/mol. The number of nitrogens with one attached hydrogen (secondary N) is 2. The molecule has 0 aromatic carbocycles. The van der Waals surface area contributed by atoms with Gasteiger partial charge < -0.3 is 15.5 Å². The molecular formula is C12H21N5. The molecular weight excluding hydrogens is 214 g/mol. The Kier molecular flexibility index (Phi) is 3.78. The third-order valence-corrected chi connectivity index (χ3v) is 2.93. The van der Waals surface area contributed by atoms with Gasteiger partial charge in [-0.05, 0) is 26.3 Å². The Morgan fingerprint density at radius 2 is 2.24 bits per heavy atom. The zero-order valence-electron chi connectivity index (χ0n) is 10.8. The van der Waals surface area contributed by atoms with Gasteiger partial charge in [-0.15, -0.1) is 0 Å². The van der Waals surface area contributed by atoms with Gasteiger partial charge in [-0.25, -0.2) is 9.97 Å². The van der Waals surface area contributed by atoms with Crippen molar-refractivity contribution in [2.75, 3.05) is 37.4 Å². The highest BCUT2D eigenvalue weighted by Crippen LogP contribution is 2.16. The van der Waals surface area contributed by atoms with Crippen LogP contribution in [0.15, 0.2) is 6.07 Å². The van der Waals surface area contributed by atoms with E-state index in [9.17, 15) is 0 Å². The van der Waals surface area contributed by atoms with E-state index in [2.05, 4.69) is 20.6 Å². The SMILES string of the molecule is Cc1nc(NC2CCCNC2)cc(N(C)C)n1. The van der Waals surface area contributed by atoms with E-state index in [1.165, 1.54) is 12.8 Å². The lowest BCUT2D eigenvalue weighted by Crippen LogP contribution is -2.38. The summed E-state index contributed by atoms with van der Waals surface area (Å²) in [6.45, 7) is 4.07. The van der Waals surface area contributed by atoms with E-state index in [1.54, 1.807) is 0 Å². The fourth-order valence-electron chi connectivity index (χ4n) is 2.04. The van der Waals surface area contributed by atoms with E-state index in [0.717, 1.165) is 30.5 Å². The molecule has 5 nitrogen and oxygen atoms in total. The highest BCUT2D eigenvalue weighted by molar-refractivity contribution is 5.49. The summed E-state index contributed by atoms with van der Waals surface area (Å²) in [5.74, 6) is 2.68. The zero-order valence-corrected chi connectivity index (χ0v) is 10.8. The monoisotopic (exact) mass is 235 g/mol. The largest absolute Gasteiger partial charge is 0.366 e. The van der Waals surface area contributed by atoms with E-state index in [4.69, 9.17) is 0 Å². The third kappa shape index (κ3) is 3.30. The van der Waals surface area contributed by atoms with Crippen LogP contribution in [-0.4, -0.2) is 43.2 Å². The van der Waals surface area contributed by atoms with Crippen LogP contribution in [0.25, 0.3) is 0 Å². The van der Waals surface area contributed by atoms with Gasteiger partial charge in [-0.2, -0.15) is 0 Å². The van der Waals surface area contributed by atoms with Crippen LogP contribution in [0.1, 0.15) is 18.7 Å². The van der Waals surface area contributed by atoms with Crippen LogP contribution >= 0.6 is 0 Å². The highest BCUT2D eigenvalue weighted by Gasteiger charge is 2.13. The molecule has 5 heteroatoms. The van der Waals surface area contributed by atoms with Gasteiger partial charge in [0.15, 0.2) is 0 Å². The van der Waals surface area contributed by atoms with Crippen LogP contribution < -0.4 is 15.5 Å². The molecule has 1 aliphatic heterocycles. The summed E-state index contributed by atoms with van der Waals surface area (Å²) in [5.41, 5.74) is 0.